The van der Waals surface area contributed by atoms with Crippen molar-refractivity contribution in [2.75, 3.05) is 6.54 Å². The van der Waals surface area contributed by atoms with E-state index in [9.17, 15) is 27.6 Å². The number of piperidine rings is 1. The van der Waals surface area contributed by atoms with Gasteiger partial charge in [-0.2, -0.15) is 13.2 Å². The van der Waals surface area contributed by atoms with E-state index < -0.39 is 41.8 Å². The second kappa shape index (κ2) is 6.43. The maximum absolute atomic E-state index is 12.7. The number of carbonyl (C=O) groups excluding carboxylic acids is 1. The Bertz CT molecular complexity index is 669. The molecule has 1 atom stereocenters. The van der Waals surface area contributed by atoms with Crippen LogP contribution in [0.5, 0.6) is 0 Å². The monoisotopic (exact) mass is 332 g/mol. The summed E-state index contributed by atoms with van der Waals surface area (Å²) in [6.07, 6.45) is -2.16. The third-order valence-electron chi connectivity index (χ3n) is 3.74. The van der Waals surface area contributed by atoms with Crippen molar-refractivity contribution in [2.45, 2.75) is 38.0 Å². The lowest BCUT2D eigenvalue weighted by molar-refractivity contribution is -0.152. The van der Waals surface area contributed by atoms with Crippen molar-refractivity contribution in [2.24, 2.45) is 0 Å². The lowest BCUT2D eigenvalue weighted by Crippen LogP contribution is -2.49. The number of amides is 1. The van der Waals surface area contributed by atoms with Crippen LogP contribution in [0, 0.1) is 0 Å². The maximum Gasteiger partial charge on any atom is 0.421 e. The minimum atomic E-state index is -4.81. The van der Waals surface area contributed by atoms with Crippen LogP contribution in [0.2, 0.25) is 0 Å². The number of alkyl halides is 3. The van der Waals surface area contributed by atoms with Crippen LogP contribution in [0.15, 0.2) is 23.1 Å². The number of pyridine rings is 1. The van der Waals surface area contributed by atoms with Gasteiger partial charge in [0.15, 0.2) is 0 Å². The molecular weight excluding hydrogens is 317 g/mol. The lowest BCUT2D eigenvalue weighted by atomic mass is 10.0. The number of likely N-dealkylation sites (tertiary alicyclic amines) is 1. The summed E-state index contributed by atoms with van der Waals surface area (Å²) in [6.45, 7) is -0.407. The molecule has 1 amide bonds. The van der Waals surface area contributed by atoms with Gasteiger partial charge >= 0.3 is 12.1 Å². The number of halogens is 3. The zero-order valence-corrected chi connectivity index (χ0v) is 12.0. The molecule has 1 aromatic rings. The molecular formula is C14H15F3N2O4. The van der Waals surface area contributed by atoms with E-state index in [0.717, 1.165) is 17.2 Å². The van der Waals surface area contributed by atoms with E-state index in [0.29, 0.717) is 29.9 Å². The molecule has 1 N–H and O–H groups in total. The molecule has 126 valence electrons. The third-order valence-corrected chi connectivity index (χ3v) is 3.74. The molecule has 1 aliphatic rings. The second-order valence-electron chi connectivity index (χ2n) is 5.29. The number of nitrogens with zero attached hydrogens (tertiary/aromatic N) is 2. The highest BCUT2D eigenvalue weighted by atomic mass is 19.4. The minimum absolute atomic E-state index is 0.212. The van der Waals surface area contributed by atoms with Gasteiger partial charge in [-0.1, -0.05) is 0 Å². The van der Waals surface area contributed by atoms with Gasteiger partial charge in [0.25, 0.3) is 5.56 Å². The van der Waals surface area contributed by atoms with Gasteiger partial charge in [-0.05, 0) is 31.4 Å². The van der Waals surface area contributed by atoms with Crippen LogP contribution in [0.25, 0.3) is 0 Å². The first-order chi connectivity index (χ1) is 10.7. The van der Waals surface area contributed by atoms with Crippen molar-refractivity contribution in [3.63, 3.8) is 0 Å². The summed E-state index contributed by atoms with van der Waals surface area (Å²) in [7, 11) is 0. The molecule has 0 bridgehead atoms. The highest BCUT2D eigenvalue weighted by molar-refractivity contribution is 5.83. The summed E-state index contributed by atoms with van der Waals surface area (Å²) in [5.74, 6) is -1.84. The summed E-state index contributed by atoms with van der Waals surface area (Å²) < 4.78 is 38.8. The van der Waals surface area contributed by atoms with Crippen LogP contribution < -0.4 is 5.56 Å². The molecule has 0 unspecified atom stereocenters. The fourth-order valence-corrected chi connectivity index (χ4v) is 2.60. The van der Waals surface area contributed by atoms with Crippen LogP contribution >= 0.6 is 0 Å². The Morgan fingerprint density at radius 3 is 2.61 bits per heavy atom. The van der Waals surface area contributed by atoms with Crippen molar-refractivity contribution < 1.29 is 27.9 Å². The lowest BCUT2D eigenvalue weighted by Gasteiger charge is -2.33. The molecule has 0 aliphatic carbocycles. The molecule has 0 spiro atoms. The van der Waals surface area contributed by atoms with Crippen LogP contribution in [0.3, 0.4) is 0 Å². The van der Waals surface area contributed by atoms with Crippen LogP contribution in [0.4, 0.5) is 13.2 Å². The first-order valence-electron chi connectivity index (χ1n) is 7.00. The van der Waals surface area contributed by atoms with E-state index in [2.05, 4.69) is 0 Å². The molecule has 23 heavy (non-hydrogen) atoms. The molecule has 0 radical (unpaired) electrons. The van der Waals surface area contributed by atoms with Crippen molar-refractivity contribution >= 4 is 11.9 Å². The molecule has 2 heterocycles. The second-order valence-corrected chi connectivity index (χ2v) is 5.29. The van der Waals surface area contributed by atoms with Gasteiger partial charge in [0, 0.05) is 12.7 Å². The van der Waals surface area contributed by atoms with Gasteiger partial charge in [0.2, 0.25) is 5.91 Å². The SMILES string of the molecule is O=C(O)[C@H]1CCCCN1C(=O)Cn1cccc(C(F)(F)F)c1=O. The average Bonchev–Trinajstić information content (AvgIpc) is 2.48. The number of aliphatic carboxylic acids is 1. The van der Waals surface area contributed by atoms with E-state index in [1.165, 1.54) is 0 Å². The normalized spacial score (nSPS) is 18.7. The first-order valence-corrected chi connectivity index (χ1v) is 7.00. The summed E-state index contributed by atoms with van der Waals surface area (Å²) in [5.41, 5.74) is -2.68. The van der Waals surface area contributed by atoms with E-state index in [4.69, 9.17) is 5.11 Å². The van der Waals surface area contributed by atoms with Gasteiger partial charge in [0.05, 0.1) is 0 Å². The molecule has 6 nitrogen and oxygen atoms in total. The number of rotatable bonds is 3. The number of aromatic nitrogens is 1. The third kappa shape index (κ3) is 3.72. The zero-order chi connectivity index (χ0) is 17.2. The topological polar surface area (TPSA) is 79.6 Å². The Hall–Kier alpha value is -2.32. The molecule has 9 heteroatoms. The molecule has 1 aliphatic heterocycles. The number of hydrogen-bond acceptors (Lipinski definition) is 3. The fraction of sp³-hybridized carbons (Fsp3) is 0.500. The quantitative estimate of drug-likeness (QED) is 0.906. The van der Waals surface area contributed by atoms with Crippen LogP contribution in [-0.2, 0) is 22.3 Å². The van der Waals surface area contributed by atoms with Crippen LogP contribution in [-0.4, -0.2) is 39.0 Å². The Morgan fingerprint density at radius 1 is 1.30 bits per heavy atom. The van der Waals surface area contributed by atoms with E-state index >= 15 is 0 Å². The van der Waals surface area contributed by atoms with Crippen molar-refractivity contribution in [3.05, 3.63) is 34.2 Å². The number of carbonyl (C=O) groups is 2. The maximum atomic E-state index is 12.7. The van der Waals surface area contributed by atoms with Crippen molar-refractivity contribution in [1.82, 2.24) is 9.47 Å². The predicted molar refractivity (Wildman–Crippen MR) is 72.7 cm³/mol. The van der Waals surface area contributed by atoms with Crippen LogP contribution in [0.1, 0.15) is 24.8 Å². The van der Waals surface area contributed by atoms with Gasteiger partial charge in [-0.15, -0.1) is 0 Å². The highest BCUT2D eigenvalue weighted by Crippen LogP contribution is 2.26. The zero-order valence-electron chi connectivity index (χ0n) is 12.0. The average molecular weight is 332 g/mol. The Balaban J connectivity index is 2.23. The largest absolute Gasteiger partial charge is 0.480 e. The number of carboxylic acids is 1. The summed E-state index contributed by atoms with van der Waals surface area (Å²) in [4.78, 5) is 36.3. The number of hydrogen-bond donors (Lipinski definition) is 1. The Morgan fingerprint density at radius 2 is 2.00 bits per heavy atom. The van der Waals surface area contributed by atoms with Gasteiger partial charge in [0.1, 0.15) is 18.2 Å². The highest BCUT2D eigenvalue weighted by Gasteiger charge is 2.35. The standard InChI is InChI=1S/C14H15F3N2O4/c15-14(16,17)9-4-3-6-18(12(9)21)8-11(20)19-7-2-1-5-10(19)13(22)23/h3-4,6,10H,1-2,5,7-8H2,(H,22,23)/t10-/m1/s1. The van der Waals surface area contributed by atoms with Gasteiger partial charge < -0.3 is 14.6 Å². The summed E-state index contributed by atoms with van der Waals surface area (Å²) >= 11 is 0. The predicted octanol–water partition coefficient (Wildman–Crippen LogP) is 1.33. The molecule has 0 aromatic carbocycles. The molecule has 0 saturated carbocycles. The minimum Gasteiger partial charge on any atom is -0.480 e. The van der Waals surface area contributed by atoms with Crippen molar-refractivity contribution in [1.29, 1.82) is 0 Å². The molecule has 1 aromatic heterocycles. The Kier molecular flexibility index (Phi) is 4.76. The summed E-state index contributed by atoms with van der Waals surface area (Å²) in [6, 6.07) is 0.671. The molecule has 1 fully saturated rings. The van der Waals surface area contributed by atoms with E-state index in [-0.39, 0.29) is 6.54 Å². The van der Waals surface area contributed by atoms with E-state index in [1.807, 2.05) is 0 Å². The Labute approximate surface area is 129 Å². The molecule has 2 rings (SSSR count). The van der Waals surface area contributed by atoms with Gasteiger partial charge in [-0.3, -0.25) is 9.59 Å². The first kappa shape index (κ1) is 17.0. The smallest absolute Gasteiger partial charge is 0.421 e. The fourth-order valence-electron chi connectivity index (χ4n) is 2.60. The van der Waals surface area contributed by atoms with E-state index in [1.54, 1.807) is 0 Å². The molecule has 1 saturated heterocycles. The number of carboxylic acid groups (broad SMARTS) is 1. The summed E-state index contributed by atoms with van der Waals surface area (Å²) in [5, 5.41) is 9.12. The van der Waals surface area contributed by atoms with Crippen molar-refractivity contribution in [3.8, 4) is 0 Å². The van der Waals surface area contributed by atoms with Gasteiger partial charge in [-0.25, -0.2) is 4.79 Å².